The summed E-state index contributed by atoms with van der Waals surface area (Å²) in [5.74, 6) is -4.14. The van der Waals surface area contributed by atoms with Crippen molar-refractivity contribution in [3.05, 3.63) is 11.6 Å². The third-order valence-corrected chi connectivity index (χ3v) is 8.74. The number of hydrogen-bond acceptors (Lipinski definition) is 11. The summed E-state index contributed by atoms with van der Waals surface area (Å²) in [5.41, 5.74) is -3.65. The molecule has 2 N–H and O–H groups in total. The molecule has 1 saturated carbocycles. The number of esters is 4. The molecule has 0 aromatic heterocycles. The maximum atomic E-state index is 12.9. The molecule has 3 fully saturated rings. The Morgan fingerprint density at radius 1 is 0.973 bits per heavy atom. The molecule has 1 unspecified atom stereocenters. The predicted octanol–water partition coefficient (Wildman–Crippen LogP) is 0.969. The van der Waals surface area contributed by atoms with Gasteiger partial charge in [-0.3, -0.25) is 14.4 Å². The van der Waals surface area contributed by atoms with E-state index in [-0.39, 0.29) is 12.8 Å². The number of aliphatic hydroxyl groups excluding tert-OH is 2. The van der Waals surface area contributed by atoms with Gasteiger partial charge < -0.3 is 33.9 Å². The van der Waals surface area contributed by atoms with Gasteiger partial charge in [-0.25, -0.2) is 4.79 Å². The molecule has 11 nitrogen and oxygen atoms in total. The summed E-state index contributed by atoms with van der Waals surface area (Å²) in [5, 5.41) is 22.6. The molecule has 0 aromatic carbocycles. The minimum atomic E-state index is -1.45. The van der Waals surface area contributed by atoms with Crippen LogP contribution >= 0.6 is 0 Å². The zero-order valence-corrected chi connectivity index (χ0v) is 22.2. The SMILES string of the molecule is CC(=O)OC1[C@H]2[C@@H](C)[C@@H](O)C[C@H](OC(C)=O)[C@]2(C)[C@@H](OC(C)=O)[C@@H](O)C/C(C)=C\[C@@H]2OC(=O)[C@]3(C)O[C@]123. The van der Waals surface area contributed by atoms with Gasteiger partial charge in [-0.1, -0.05) is 19.4 Å². The second kappa shape index (κ2) is 9.06. The van der Waals surface area contributed by atoms with Crippen LogP contribution in [-0.2, 0) is 42.9 Å². The van der Waals surface area contributed by atoms with E-state index in [2.05, 4.69) is 0 Å². The van der Waals surface area contributed by atoms with Gasteiger partial charge in [-0.05, 0) is 32.3 Å². The Labute approximate surface area is 215 Å². The summed E-state index contributed by atoms with van der Waals surface area (Å²) in [6, 6.07) is 0. The van der Waals surface area contributed by atoms with E-state index in [1.807, 2.05) is 0 Å². The molecule has 2 heterocycles. The van der Waals surface area contributed by atoms with Crippen LogP contribution in [-0.4, -0.2) is 81.9 Å². The van der Waals surface area contributed by atoms with E-state index in [0.29, 0.717) is 5.57 Å². The molecule has 4 rings (SSSR count). The number of fused-ring (bicyclic) bond motifs is 1. The molecular formula is C26H36O11. The number of ether oxygens (including phenoxy) is 5. The van der Waals surface area contributed by atoms with Gasteiger partial charge in [-0.2, -0.15) is 0 Å². The largest absolute Gasteiger partial charge is 0.462 e. The quantitative estimate of drug-likeness (QED) is 0.234. The molecule has 0 amide bonds. The first kappa shape index (κ1) is 27.5. The highest BCUT2D eigenvalue weighted by Gasteiger charge is 2.87. The fourth-order valence-corrected chi connectivity index (χ4v) is 7.03. The van der Waals surface area contributed by atoms with E-state index in [9.17, 15) is 29.4 Å². The molecule has 0 aromatic rings. The van der Waals surface area contributed by atoms with Crippen LogP contribution in [0, 0.1) is 17.3 Å². The molecule has 2 aliphatic carbocycles. The number of carbonyl (C=O) groups excluding carboxylic acids is 4. The van der Waals surface area contributed by atoms with Crippen LogP contribution in [0.25, 0.3) is 0 Å². The summed E-state index contributed by atoms with van der Waals surface area (Å²) < 4.78 is 29.2. The van der Waals surface area contributed by atoms with E-state index in [1.54, 1.807) is 33.8 Å². The Kier molecular flexibility index (Phi) is 6.74. The van der Waals surface area contributed by atoms with E-state index >= 15 is 0 Å². The van der Waals surface area contributed by atoms with Gasteiger partial charge in [-0.15, -0.1) is 0 Å². The maximum Gasteiger partial charge on any atom is 0.342 e. The minimum absolute atomic E-state index is 0.0101. The zero-order valence-electron chi connectivity index (χ0n) is 22.2. The van der Waals surface area contributed by atoms with E-state index in [4.69, 9.17) is 23.7 Å². The highest BCUT2D eigenvalue weighted by molar-refractivity contribution is 5.89. The van der Waals surface area contributed by atoms with Crippen molar-refractivity contribution >= 4 is 23.9 Å². The Morgan fingerprint density at radius 3 is 2.08 bits per heavy atom. The van der Waals surface area contributed by atoms with Crippen LogP contribution in [0.4, 0.5) is 0 Å². The van der Waals surface area contributed by atoms with Crippen LogP contribution in [0.5, 0.6) is 0 Å². The predicted molar refractivity (Wildman–Crippen MR) is 125 cm³/mol. The molecule has 1 spiro atoms. The lowest BCUT2D eigenvalue weighted by Crippen LogP contribution is -2.67. The van der Waals surface area contributed by atoms with Crippen molar-refractivity contribution in [3.8, 4) is 0 Å². The van der Waals surface area contributed by atoms with Crippen LogP contribution in [0.15, 0.2) is 11.6 Å². The summed E-state index contributed by atoms with van der Waals surface area (Å²) in [4.78, 5) is 50.0. The molecule has 2 aliphatic heterocycles. The smallest absolute Gasteiger partial charge is 0.342 e. The maximum absolute atomic E-state index is 12.9. The third kappa shape index (κ3) is 4.06. The standard InChI is InChI=1S/C26H36O11/c1-11-8-17(31)21(34-14(4)28)24(6)18(33-13(3)27)10-16(30)12(2)20(24)22(35-15(5)29)26-19(9-11)36-23(32)25(26,7)37-26/h9,12,16-22,30-31H,8,10H2,1-7H3/b11-9-/t12-,16-,17-,18-,19-,20+,21-,22?,24-,25-,26-/m0/s1. The second-order valence-corrected chi connectivity index (χ2v) is 11.3. The normalized spacial score (nSPS) is 48.1. The van der Waals surface area contributed by atoms with Gasteiger partial charge in [0.15, 0.2) is 17.3 Å². The number of rotatable bonds is 3. The van der Waals surface area contributed by atoms with Crippen LogP contribution in [0.1, 0.15) is 61.3 Å². The first-order valence-electron chi connectivity index (χ1n) is 12.6. The van der Waals surface area contributed by atoms with Gasteiger partial charge in [0, 0.05) is 33.1 Å². The minimum Gasteiger partial charge on any atom is -0.462 e. The molecule has 11 atom stereocenters. The van der Waals surface area contributed by atoms with Crippen LogP contribution < -0.4 is 0 Å². The van der Waals surface area contributed by atoms with Crippen molar-refractivity contribution in [3.63, 3.8) is 0 Å². The summed E-state index contributed by atoms with van der Waals surface area (Å²) in [7, 11) is 0. The Hall–Kier alpha value is -2.50. The summed E-state index contributed by atoms with van der Waals surface area (Å²) in [6.45, 7) is 10.3. The van der Waals surface area contributed by atoms with E-state index in [0.717, 1.165) is 0 Å². The van der Waals surface area contributed by atoms with Crippen molar-refractivity contribution in [2.24, 2.45) is 17.3 Å². The number of aliphatic hydroxyl groups is 2. The first-order valence-corrected chi connectivity index (χ1v) is 12.6. The topological polar surface area (TPSA) is 158 Å². The molecule has 37 heavy (non-hydrogen) atoms. The molecule has 0 radical (unpaired) electrons. The molecule has 4 aliphatic rings. The van der Waals surface area contributed by atoms with Gasteiger partial charge >= 0.3 is 23.9 Å². The first-order chi connectivity index (χ1) is 17.1. The highest BCUT2D eigenvalue weighted by Crippen LogP contribution is 2.65. The fraction of sp³-hybridized carbons (Fsp3) is 0.769. The van der Waals surface area contributed by atoms with Gasteiger partial charge in [0.1, 0.15) is 18.3 Å². The number of hydrogen-bond donors (Lipinski definition) is 2. The fourth-order valence-electron chi connectivity index (χ4n) is 7.03. The van der Waals surface area contributed by atoms with Crippen molar-refractivity contribution in [2.45, 2.75) is 109 Å². The van der Waals surface area contributed by atoms with Crippen molar-refractivity contribution in [1.29, 1.82) is 0 Å². The van der Waals surface area contributed by atoms with Gasteiger partial charge in [0.2, 0.25) is 0 Å². The summed E-state index contributed by atoms with van der Waals surface area (Å²) >= 11 is 0. The number of carbonyl (C=O) groups is 4. The Morgan fingerprint density at radius 2 is 1.54 bits per heavy atom. The van der Waals surface area contributed by atoms with Crippen LogP contribution in [0.3, 0.4) is 0 Å². The zero-order chi connectivity index (χ0) is 27.7. The molecular weight excluding hydrogens is 488 g/mol. The lowest BCUT2D eigenvalue weighted by atomic mass is 9.53. The third-order valence-electron chi connectivity index (χ3n) is 8.74. The Balaban J connectivity index is 2.02. The van der Waals surface area contributed by atoms with Gasteiger partial charge in [0.25, 0.3) is 0 Å². The highest BCUT2D eigenvalue weighted by atomic mass is 16.7. The average Bonchev–Trinajstić information content (AvgIpc) is 3.35. The lowest BCUT2D eigenvalue weighted by molar-refractivity contribution is -0.242. The molecule has 206 valence electrons. The van der Waals surface area contributed by atoms with Crippen molar-refractivity contribution < 1.29 is 53.1 Å². The molecule has 0 bridgehead atoms. The monoisotopic (exact) mass is 524 g/mol. The van der Waals surface area contributed by atoms with Gasteiger partial charge in [0.05, 0.1) is 17.6 Å². The molecule has 11 heteroatoms. The molecule has 2 saturated heterocycles. The Bertz CT molecular complexity index is 1040. The average molecular weight is 525 g/mol. The number of epoxide rings is 1. The second-order valence-electron chi connectivity index (χ2n) is 11.3. The van der Waals surface area contributed by atoms with E-state index in [1.165, 1.54) is 20.8 Å². The van der Waals surface area contributed by atoms with Crippen LogP contribution in [0.2, 0.25) is 0 Å². The van der Waals surface area contributed by atoms with Crippen molar-refractivity contribution in [2.75, 3.05) is 0 Å². The summed E-state index contributed by atoms with van der Waals surface area (Å²) in [6.07, 6.45) is -5.02. The van der Waals surface area contributed by atoms with E-state index < -0.39 is 89.0 Å². The lowest BCUT2D eigenvalue weighted by Gasteiger charge is -2.57. The van der Waals surface area contributed by atoms with Crippen molar-refractivity contribution in [1.82, 2.24) is 0 Å².